The van der Waals surface area contributed by atoms with Gasteiger partial charge in [-0.05, 0) is 29.0 Å². The number of carbonyl (C=O) groups excluding carboxylic acids is 1. The number of hydrogen-bond acceptors (Lipinski definition) is 5. The largest absolute Gasteiger partial charge is 0.481 e. The van der Waals surface area contributed by atoms with Crippen LogP contribution in [0.5, 0.6) is 0 Å². The lowest BCUT2D eigenvalue weighted by Crippen LogP contribution is -2.16. The standard InChI is InChI=1S/C25H19N5O3/c31-16-29(20-10-9-17-5-1-2-6-18(17)11-20)24-14-26-19(13-27-24)15-30-23-8-4-3-7-21(23)22(28-30)12-25(32)33/h1-11,13-14,16H,12,15H2,(H,32,33). The van der Waals surface area contributed by atoms with Gasteiger partial charge in [0.05, 0.1) is 48.0 Å². The van der Waals surface area contributed by atoms with Gasteiger partial charge in [0, 0.05) is 5.39 Å². The Morgan fingerprint density at radius 3 is 2.52 bits per heavy atom. The van der Waals surface area contributed by atoms with Gasteiger partial charge in [0.25, 0.3) is 0 Å². The smallest absolute Gasteiger partial charge is 0.309 e. The zero-order valence-electron chi connectivity index (χ0n) is 17.5. The maximum atomic E-state index is 11.9. The van der Waals surface area contributed by atoms with Gasteiger partial charge in [-0.1, -0.05) is 48.5 Å². The molecule has 162 valence electrons. The first-order chi connectivity index (χ1) is 16.1. The third-order valence-corrected chi connectivity index (χ3v) is 5.42. The lowest BCUT2D eigenvalue weighted by Gasteiger charge is -2.17. The minimum Gasteiger partial charge on any atom is -0.481 e. The number of nitrogens with zero attached hydrogens (tertiary/aromatic N) is 5. The second-order valence-electron chi connectivity index (χ2n) is 7.56. The molecule has 0 atom stereocenters. The number of para-hydroxylation sites is 1. The fraction of sp³-hybridized carbons (Fsp3) is 0.0800. The Morgan fingerprint density at radius 2 is 1.76 bits per heavy atom. The maximum absolute atomic E-state index is 11.9. The van der Waals surface area contributed by atoms with Crippen LogP contribution in [0.2, 0.25) is 0 Å². The molecule has 1 N–H and O–H groups in total. The summed E-state index contributed by atoms with van der Waals surface area (Å²) in [6.45, 7) is 0.324. The molecule has 3 aromatic carbocycles. The molecule has 0 aliphatic heterocycles. The minimum absolute atomic E-state index is 0.155. The monoisotopic (exact) mass is 437 g/mol. The third kappa shape index (κ3) is 4.01. The molecule has 8 nitrogen and oxygen atoms in total. The molecular formula is C25H19N5O3. The molecule has 0 aliphatic carbocycles. The van der Waals surface area contributed by atoms with E-state index in [2.05, 4.69) is 15.1 Å². The van der Waals surface area contributed by atoms with E-state index in [9.17, 15) is 14.7 Å². The summed E-state index contributed by atoms with van der Waals surface area (Å²) in [4.78, 5) is 33.4. The number of anilines is 2. The number of carbonyl (C=O) groups is 2. The molecule has 5 rings (SSSR count). The van der Waals surface area contributed by atoms with E-state index in [4.69, 9.17) is 0 Å². The second-order valence-corrected chi connectivity index (χ2v) is 7.56. The van der Waals surface area contributed by atoms with E-state index in [0.717, 1.165) is 21.7 Å². The van der Waals surface area contributed by atoms with Crippen LogP contribution in [0.4, 0.5) is 11.5 Å². The van der Waals surface area contributed by atoms with E-state index in [-0.39, 0.29) is 6.42 Å². The van der Waals surface area contributed by atoms with Gasteiger partial charge in [-0.3, -0.25) is 24.2 Å². The van der Waals surface area contributed by atoms with Crippen molar-refractivity contribution in [3.05, 3.63) is 90.5 Å². The van der Waals surface area contributed by atoms with Crippen molar-refractivity contribution in [3.63, 3.8) is 0 Å². The van der Waals surface area contributed by atoms with E-state index >= 15 is 0 Å². The highest BCUT2D eigenvalue weighted by Gasteiger charge is 2.15. The average molecular weight is 437 g/mol. The number of fused-ring (bicyclic) bond motifs is 2. The third-order valence-electron chi connectivity index (χ3n) is 5.42. The Hall–Kier alpha value is -4.59. The summed E-state index contributed by atoms with van der Waals surface area (Å²) in [6.07, 6.45) is 3.70. The Balaban J connectivity index is 1.42. The second kappa shape index (κ2) is 8.51. The molecule has 8 heteroatoms. The lowest BCUT2D eigenvalue weighted by atomic mass is 10.1. The van der Waals surface area contributed by atoms with Crippen LogP contribution in [-0.4, -0.2) is 37.2 Å². The van der Waals surface area contributed by atoms with Gasteiger partial charge in [0.2, 0.25) is 6.41 Å². The van der Waals surface area contributed by atoms with Gasteiger partial charge < -0.3 is 5.11 Å². The number of carboxylic acid groups (broad SMARTS) is 1. The quantitative estimate of drug-likeness (QED) is 0.387. The van der Waals surface area contributed by atoms with Gasteiger partial charge in [-0.15, -0.1) is 0 Å². The Kier molecular flexibility index (Phi) is 5.24. The van der Waals surface area contributed by atoms with Crippen LogP contribution in [0.3, 0.4) is 0 Å². The van der Waals surface area contributed by atoms with Crippen LogP contribution in [-0.2, 0) is 22.6 Å². The number of aromatic nitrogens is 4. The van der Waals surface area contributed by atoms with Gasteiger partial charge in [0.15, 0.2) is 5.82 Å². The van der Waals surface area contributed by atoms with E-state index < -0.39 is 5.97 Å². The first kappa shape index (κ1) is 20.3. The molecule has 0 fully saturated rings. The van der Waals surface area contributed by atoms with E-state index in [0.29, 0.717) is 35.8 Å². The van der Waals surface area contributed by atoms with Gasteiger partial charge >= 0.3 is 5.97 Å². The Labute approximate surface area is 188 Å². The highest BCUT2D eigenvalue weighted by atomic mass is 16.4. The van der Waals surface area contributed by atoms with Gasteiger partial charge in [0.1, 0.15) is 0 Å². The molecule has 5 aromatic rings. The van der Waals surface area contributed by atoms with Crippen LogP contribution in [0, 0.1) is 0 Å². The fourth-order valence-electron chi connectivity index (χ4n) is 3.87. The summed E-state index contributed by atoms with van der Waals surface area (Å²) < 4.78 is 1.72. The summed E-state index contributed by atoms with van der Waals surface area (Å²) in [5.74, 6) is -0.530. The van der Waals surface area contributed by atoms with E-state index in [1.165, 1.54) is 4.90 Å². The van der Waals surface area contributed by atoms with Crippen LogP contribution in [0.25, 0.3) is 21.7 Å². The Bertz CT molecular complexity index is 1480. The van der Waals surface area contributed by atoms with Crippen molar-refractivity contribution in [2.24, 2.45) is 0 Å². The number of carboxylic acids is 1. The van der Waals surface area contributed by atoms with Crippen molar-refractivity contribution in [2.45, 2.75) is 13.0 Å². The topological polar surface area (TPSA) is 101 Å². The molecule has 2 aromatic heterocycles. The minimum atomic E-state index is -0.933. The lowest BCUT2D eigenvalue weighted by molar-refractivity contribution is -0.136. The molecule has 2 heterocycles. The molecule has 0 saturated heterocycles. The van der Waals surface area contributed by atoms with Crippen LogP contribution >= 0.6 is 0 Å². The molecular weight excluding hydrogens is 418 g/mol. The molecule has 0 saturated carbocycles. The number of hydrogen-bond donors (Lipinski definition) is 1. The van der Waals surface area contributed by atoms with Crippen molar-refractivity contribution in [2.75, 3.05) is 4.90 Å². The van der Waals surface area contributed by atoms with E-state index in [1.807, 2.05) is 66.7 Å². The van der Waals surface area contributed by atoms with Crippen LogP contribution in [0.1, 0.15) is 11.4 Å². The summed E-state index contributed by atoms with van der Waals surface area (Å²) in [5, 5.41) is 16.6. The molecule has 0 spiro atoms. The fourth-order valence-corrected chi connectivity index (χ4v) is 3.87. The van der Waals surface area contributed by atoms with Crippen molar-refractivity contribution in [1.82, 2.24) is 19.7 Å². The summed E-state index contributed by atoms with van der Waals surface area (Å²) in [5.41, 5.74) is 2.66. The van der Waals surface area contributed by atoms with Gasteiger partial charge in [-0.2, -0.15) is 5.10 Å². The zero-order chi connectivity index (χ0) is 22.8. The van der Waals surface area contributed by atoms with Crippen molar-refractivity contribution in [3.8, 4) is 0 Å². The number of benzene rings is 3. The normalized spacial score (nSPS) is 11.0. The van der Waals surface area contributed by atoms with Crippen molar-refractivity contribution >= 4 is 45.6 Å². The number of rotatable bonds is 7. The summed E-state index contributed by atoms with van der Waals surface area (Å²) >= 11 is 0. The average Bonchev–Trinajstić information content (AvgIpc) is 3.17. The van der Waals surface area contributed by atoms with Crippen molar-refractivity contribution in [1.29, 1.82) is 0 Å². The van der Waals surface area contributed by atoms with Crippen LogP contribution < -0.4 is 4.90 Å². The highest BCUT2D eigenvalue weighted by Crippen LogP contribution is 2.26. The van der Waals surface area contributed by atoms with Crippen LogP contribution in [0.15, 0.2) is 79.1 Å². The maximum Gasteiger partial charge on any atom is 0.309 e. The molecule has 0 aliphatic rings. The molecule has 1 amide bonds. The molecule has 33 heavy (non-hydrogen) atoms. The molecule has 0 radical (unpaired) electrons. The first-order valence-electron chi connectivity index (χ1n) is 10.3. The summed E-state index contributed by atoms with van der Waals surface area (Å²) in [6, 6.07) is 21.2. The highest BCUT2D eigenvalue weighted by molar-refractivity contribution is 5.92. The predicted molar refractivity (Wildman–Crippen MR) is 124 cm³/mol. The predicted octanol–water partition coefficient (Wildman–Crippen LogP) is 3.95. The molecule has 0 unspecified atom stereocenters. The van der Waals surface area contributed by atoms with E-state index in [1.54, 1.807) is 17.1 Å². The zero-order valence-corrected chi connectivity index (χ0v) is 17.5. The van der Waals surface area contributed by atoms with Gasteiger partial charge in [-0.25, -0.2) is 4.98 Å². The van der Waals surface area contributed by atoms with Crippen molar-refractivity contribution < 1.29 is 14.7 Å². The first-order valence-corrected chi connectivity index (χ1v) is 10.3. The number of amides is 1. The molecule has 0 bridgehead atoms. The summed E-state index contributed by atoms with van der Waals surface area (Å²) in [7, 11) is 0. The number of aliphatic carboxylic acids is 1. The Morgan fingerprint density at radius 1 is 0.970 bits per heavy atom. The SMILES string of the molecule is O=CN(c1ccc2ccccc2c1)c1cnc(Cn2nc(CC(=O)O)c3ccccc32)cn1.